The van der Waals surface area contributed by atoms with E-state index in [4.69, 9.17) is 5.11 Å². The van der Waals surface area contributed by atoms with Gasteiger partial charge >= 0.3 is 5.97 Å². The lowest BCUT2D eigenvalue weighted by molar-refractivity contribution is -0.143. The van der Waals surface area contributed by atoms with E-state index >= 15 is 0 Å². The van der Waals surface area contributed by atoms with Crippen LogP contribution in [0.25, 0.3) is 0 Å². The molecule has 1 atom stereocenters. The molecular weight excluding hydrogens is 194 g/mol. The maximum Gasteiger partial charge on any atom is 0.320 e. The van der Waals surface area contributed by atoms with Crippen molar-refractivity contribution in [3.8, 4) is 0 Å². The van der Waals surface area contributed by atoms with Crippen molar-refractivity contribution in [2.24, 2.45) is 0 Å². The second-order valence-corrected chi connectivity index (χ2v) is 3.08. The van der Waals surface area contributed by atoms with E-state index in [1.54, 1.807) is 37.3 Å². The summed E-state index contributed by atoms with van der Waals surface area (Å²) < 4.78 is 0. The quantitative estimate of drug-likeness (QED) is 0.723. The van der Waals surface area contributed by atoms with Crippen LogP contribution in [0.1, 0.15) is 18.4 Å². The minimum Gasteiger partial charge on any atom is -0.480 e. The van der Waals surface area contributed by atoms with Crippen LogP contribution >= 0.6 is 0 Å². The molecule has 0 saturated carbocycles. The molecule has 0 radical (unpaired) electrons. The van der Waals surface area contributed by atoms with E-state index < -0.39 is 17.8 Å². The number of carboxylic acid groups (broad SMARTS) is 1. The van der Waals surface area contributed by atoms with Crippen LogP contribution in [0.3, 0.4) is 0 Å². The van der Waals surface area contributed by atoms with Crippen LogP contribution < -0.4 is 5.32 Å². The molecule has 1 rings (SSSR count). The van der Waals surface area contributed by atoms with E-state index in [-0.39, 0.29) is 0 Å². The number of benzene rings is 1. The highest BCUT2D eigenvalue weighted by molar-refractivity contribution is 6.02. The van der Waals surface area contributed by atoms with Gasteiger partial charge in [-0.1, -0.05) is 30.3 Å². The fourth-order valence-electron chi connectivity index (χ4n) is 1.33. The summed E-state index contributed by atoms with van der Waals surface area (Å²) >= 11 is 0. The average molecular weight is 207 g/mol. The van der Waals surface area contributed by atoms with Crippen molar-refractivity contribution >= 4 is 11.9 Å². The van der Waals surface area contributed by atoms with Crippen LogP contribution in [0.4, 0.5) is 0 Å². The second-order valence-electron chi connectivity index (χ2n) is 3.08. The van der Waals surface area contributed by atoms with Gasteiger partial charge in [-0.15, -0.1) is 0 Å². The van der Waals surface area contributed by atoms with Gasteiger partial charge < -0.3 is 10.4 Å². The average Bonchev–Trinajstić information content (AvgIpc) is 2.19. The molecule has 1 unspecified atom stereocenters. The summed E-state index contributed by atoms with van der Waals surface area (Å²) in [6.07, 6.45) is 0. The molecule has 0 bridgehead atoms. The van der Waals surface area contributed by atoms with Gasteiger partial charge in [-0.2, -0.15) is 0 Å². The Hall–Kier alpha value is -1.84. The summed E-state index contributed by atoms with van der Waals surface area (Å²) in [6, 6.07) is 8.47. The van der Waals surface area contributed by atoms with Crippen molar-refractivity contribution in [3.63, 3.8) is 0 Å². The molecule has 15 heavy (non-hydrogen) atoms. The first-order chi connectivity index (χ1) is 7.16. The van der Waals surface area contributed by atoms with Crippen LogP contribution in [0.5, 0.6) is 0 Å². The minimum atomic E-state index is -1.13. The fourth-order valence-corrected chi connectivity index (χ4v) is 1.33. The molecule has 4 heteroatoms. The van der Waals surface area contributed by atoms with E-state index in [1.165, 1.54) is 0 Å². The fraction of sp³-hybridized carbons (Fsp3) is 0.273. The van der Waals surface area contributed by atoms with Gasteiger partial charge in [0.2, 0.25) is 5.91 Å². The second kappa shape index (κ2) is 5.14. The summed E-state index contributed by atoms with van der Waals surface area (Å²) in [5, 5.41) is 11.5. The molecule has 0 aliphatic rings. The number of carboxylic acids is 1. The van der Waals surface area contributed by atoms with Crippen LogP contribution in [0, 0.1) is 0 Å². The summed E-state index contributed by atoms with van der Waals surface area (Å²) in [5.41, 5.74) is 0.496. The SMILES string of the molecule is CCNC(=O)C(C(=O)O)c1ccccc1. The third kappa shape index (κ3) is 2.80. The largest absolute Gasteiger partial charge is 0.480 e. The normalized spacial score (nSPS) is 11.8. The zero-order chi connectivity index (χ0) is 11.3. The molecule has 0 fully saturated rings. The Morgan fingerprint density at radius 3 is 2.40 bits per heavy atom. The van der Waals surface area contributed by atoms with Gasteiger partial charge in [-0.05, 0) is 12.5 Å². The summed E-state index contributed by atoms with van der Waals surface area (Å²) in [7, 11) is 0. The van der Waals surface area contributed by atoms with Crippen molar-refractivity contribution in [2.45, 2.75) is 12.8 Å². The van der Waals surface area contributed by atoms with Gasteiger partial charge in [0.25, 0.3) is 0 Å². The Labute approximate surface area is 87.9 Å². The minimum absolute atomic E-state index is 0.426. The van der Waals surface area contributed by atoms with E-state index in [0.29, 0.717) is 12.1 Å². The lowest BCUT2D eigenvalue weighted by Gasteiger charge is -2.11. The zero-order valence-electron chi connectivity index (χ0n) is 8.43. The Kier molecular flexibility index (Phi) is 3.85. The van der Waals surface area contributed by atoms with Crippen molar-refractivity contribution < 1.29 is 14.7 Å². The van der Waals surface area contributed by atoms with Gasteiger partial charge in [-0.3, -0.25) is 9.59 Å². The smallest absolute Gasteiger partial charge is 0.320 e. The Morgan fingerprint density at radius 1 is 1.33 bits per heavy atom. The van der Waals surface area contributed by atoms with Crippen LogP contribution in [0.2, 0.25) is 0 Å². The number of likely N-dealkylation sites (N-methyl/N-ethyl adjacent to an activating group) is 1. The van der Waals surface area contributed by atoms with E-state index in [9.17, 15) is 9.59 Å². The van der Waals surface area contributed by atoms with Crippen molar-refractivity contribution in [1.82, 2.24) is 5.32 Å². The molecule has 1 aromatic carbocycles. The van der Waals surface area contributed by atoms with Crippen molar-refractivity contribution in [2.75, 3.05) is 6.54 Å². The van der Waals surface area contributed by atoms with Crippen molar-refractivity contribution in [1.29, 1.82) is 0 Å². The highest BCUT2D eigenvalue weighted by Crippen LogP contribution is 2.15. The van der Waals surface area contributed by atoms with E-state index in [1.807, 2.05) is 0 Å². The van der Waals surface area contributed by atoms with Crippen LogP contribution in [-0.4, -0.2) is 23.5 Å². The Morgan fingerprint density at radius 2 is 1.93 bits per heavy atom. The molecule has 0 aliphatic heterocycles. The molecular formula is C11H13NO3. The maximum atomic E-state index is 11.5. The number of rotatable bonds is 4. The molecule has 0 heterocycles. The van der Waals surface area contributed by atoms with Crippen LogP contribution in [-0.2, 0) is 9.59 Å². The van der Waals surface area contributed by atoms with Gasteiger partial charge in [0.15, 0.2) is 5.92 Å². The standard InChI is InChI=1S/C11H13NO3/c1-2-12-10(13)9(11(14)15)8-6-4-3-5-7-8/h3-7,9H,2H2,1H3,(H,12,13)(H,14,15). The molecule has 0 saturated heterocycles. The third-order valence-electron chi connectivity index (χ3n) is 1.99. The van der Waals surface area contributed by atoms with Crippen LogP contribution in [0.15, 0.2) is 30.3 Å². The molecule has 80 valence electrons. The number of carbonyl (C=O) groups excluding carboxylic acids is 1. The molecule has 2 N–H and O–H groups in total. The predicted molar refractivity (Wildman–Crippen MR) is 55.5 cm³/mol. The summed E-state index contributed by atoms with van der Waals surface area (Å²) in [4.78, 5) is 22.4. The molecule has 0 aliphatic carbocycles. The molecule has 0 spiro atoms. The van der Waals surface area contributed by atoms with Gasteiger partial charge in [0.05, 0.1) is 0 Å². The highest BCUT2D eigenvalue weighted by Gasteiger charge is 2.27. The van der Waals surface area contributed by atoms with Gasteiger partial charge in [0, 0.05) is 6.54 Å². The van der Waals surface area contributed by atoms with E-state index in [2.05, 4.69) is 5.32 Å². The highest BCUT2D eigenvalue weighted by atomic mass is 16.4. The molecule has 4 nitrogen and oxygen atoms in total. The number of hydrogen-bond donors (Lipinski definition) is 2. The predicted octanol–water partition coefficient (Wildman–Crippen LogP) is 0.991. The Bertz CT molecular complexity index is 348. The molecule has 0 aromatic heterocycles. The first-order valence-electron chi connectivity index (χ1n) is 4.72. The first kappa shape index (κ1) is 11.2. The number of hydrogen-bond acceptors (Lipinski definition) is 2. The maximum absolute atomic E-state index is 11.5. The summed E-state index contributed by atoms with van der Waals surface area (Å²) in [6.45, 7) is 2.18. The lowest BCUT2D eigenvalue weighted by Crippen LogP contribution is -2.33. The van der Waals surface area contributed by atoms with Gasteiger partial charge in [-0.25, -0.2) is 0 Å². The topological polar surface area (TPSA) is 66.4 Å². The molecule has 1 amide bonds. The van der Waals surface area contributed by atoms with E-state index in [0.717, 1.165) is 0 Å². The number of aliphatic carboxylic acids is 1. The van der Waals surface area contributed by atoms with Gasteiger partial charge in [0.1, 0.15) is 0 Å². The number of amides is 1. The third-order valence-corrected chi connectivity index (χ3v) is 1.99. The first-order valence-corrected chi connectivity index (χ1v) is 4.72. The zero-order valence-corrected chi connectivity index (χ0v) is 8.43. The Balaban J connectivity index is 2.94. The monoisotopic (exact) mass is 207 g/mol. The lowest BCUT2D eigenvalue weighted by atomic mass is 9.98. The number of nitrogens with one attached hydrogen (secondary N) is 1. The number of carbonyl (C=O) groups is 2. The molecule has 1 aromatic rings. The summed E-state index contributed by atoms with van der Waals surface area (Å²) in [5.74, 6) is -2.73. The van der Waals surface area contributed by atoms with Crippen molar-refractivity contribution in [3.05, 3.63) is 35.9 Å².